The zero-order valence-electron chi connectivity index (χ0n) is 11.7. The van der Waals surface area contributed by atoms with Crippen LogP contribution < -0.4 is 10.2 Å². The Morgan fingerprint density at radius 3 is 3.11 bits per heavy atom. The van der Waals surface area contributed by atoms with Crippen molar-refractivity contribution in [3.05, 3.63) is 29.6 Å². The number of nitrogens with zero attached hydrogens (tertiary/aromatic N) is 1. The van der Waals surface area contributed by atoms with Crippen LogP contribution in [0.5, 0.6) is 0 Å². The van der Waals surface area contributed by atoms with E-state index in [2.05, 4.69) is 53.7 Å². The van der Waals surface area contributed by atoms with E-state index in [0.29, 0.717) is 6.04 Å². The average molecular weight is 274 g/mol. The Labute approximate surface area is 119 Å². The third-order valence-corrected chi connectivity index (χ3v) is 4.71. The van der Waals surface area contributed by atoms with Crippen molar-refractivity contribution in [2.24, 2.45) is 5.92 Å². The summed E-state index contributed by atoms with van der Waals surface area (Å²) in [6.07, 6.45) is 1.26. The molecule has 0 radical (unpaired) electrons. The van der Waals surface area contributed by atoms with Crippen LogP contribution in [0.3, 0.4) is 0 Å². The van der Waals surface area contributed by atoms with Gasteiger partial charge in [0.25, 0.3) is 0 Å². The summed E-state index contributed by atoms with van der Waals surface area (Å²) in [5, 5.41) is 7.19. The van der Waals surface area contributed by atoms with Crippen LogP contribution in [0.2, 0.25) is 0 Å². The van der Waals surface area contributed by atoms with E-state index in [1.54, 1.807) is 0 Å². The van der Waals surface area contributed by atoms with Crippen LogP contribution in [0.4, 0.5) is 5.69 Å². The summed E-state index contributed by atoms with van der Waals surface area (Å²) < 4.78 is 1.39. The molecule has 3 rings (SSSR count). The van der Waals surface area contributed by atoms with Gasteiger partial charge in [0.2, 0.25) is 0 Å². The van der Waals surface area contributed by atoms with Crippen LogP contribution in [0.15, 0.2) is 29.6 Å². The minimum Gasteiger partial charge on any atom is -0.369 e. The molecule has 102 valence electrons. The largest absolute Gasteiger partial charge is 0.369 e. The third-order valence-electron chi connectivity index (χ3n) is 3.81. The molecule has 0 aliphatic carbocycles. The van der Waals surface area contributed by atoms with Gasteiger partial charge in [-0.25, -0.2) is 0 Å². The summed E-state index contributed by atoms with van der Waals surface area (Å²) in [5.74, 6) is 0.761. The second kappa shape index (κ2) is 5.51. The fourth-order valence-corrected chi connectivity index (χ4v) is 3.71. The number of hydrogen-bond acceptors (Lipinski definition) is 3. The van der Waals surface area contributed by atoms with Gasteiger partial charge in [0.1, 0.15) is 0 Å². The first-order valence-electron chi connectivity index (χ1n) is 7.18. The highest BCUT2D eigenvalue weighted by molar-refractivity contribution is 7.17. The maximum absolute atomic E-state index is 3.64. The third kappa shape index (κ3) is 2.93. The Hall–Kier alpha value is -1.06. The van der Waals surface area contributed by atoms with Crippen molar-refractivity contribution in [1.29, 1.82) is 0 Å². The Bertz CT molecular complexity index is 546. The number of benzene rings is 1. The summed E-state index contributed by atoms with van der Waals surface area (Å²) in [6, 6.07) is 9.72. The SMILES string of the molecule is CC(C)CC1CN(c2ccc3sccc3c2)CCN1. The number of piperazine rings is 1. The van der Waals surface area contributed by atoms with Crippen LogP contribution in [0.1, 0.15) is 20.3 Å². The zero-order chi connectivity index (χ0) is 13.2. The number of rotatable bonds is 3. The van der Waals surface area contributed by atoms with E-state index in [1.807, 2.05) is 11.3 Å². The van der Waals surface area contributed by atoms with Gasteiger partial charge >= 0.3 is 0 Å². The van der Waals surface area contributed by atoms with Crippen molar-refractivity contribution in [2.45, 2.75) is 26.3 Å². The molecular formula is C16H22N2S. The summed E-state index contributed by atoms with van der Waals surface area (Å²) in [7, 11) is 0. The smallest absolute Gasteiger partial charge is 0.0374 e. The van der Waals surface area contributed by atoms with E-state index in [9.17, 15) is 0 Å². The summed E-state index contributed by atoms with van der Waals surface area (Å²) in [4.78, 5) is 2.53. The molecule has 1 fully saturated rings. The molecule has 0 saturated carbocycles. The van der Waals surface area contributed by atoms with Crippen molar-refractivity contribution in [2.75, 3.05) is 24.5 Å². The normalized spacial score (nSPS) is 20.4. The van der Waals surface area contributed by atoms with Gasteiger partial charge < -0.3 is 10.2 Å². The van der Waals surface area contributed by atoms with Crippen molar-refractivity contribution in [1.82, 2.24) is 5.32 Å². The topological polar surface area (TPSA) is 15.3 Å². The van der Waals surface area contributed by atoms with E-state index < -0.39 is 0 Å². The highest BCUT2D eigenvalue weighted by Gasteiger charge is 2.20. The molecule has 1 unspecified atom stereocenters. The average Bonchev–Trinajstić information content (AvgIpc) is 2.85. The molecule has 1 saturated heterocycles. The molecule has 1 aromatic heterocycles. The highest BCUT2D eigenvalue weighted by atomic mass is 32.1. The van der Waals surface area contributed by atoms with E-state index in [4.69, 9.17) is 0 Å². The number of anilines is 1. The van der Waals surface area contributed by atoms with Crippen LogP contribution in [0.25, 0.3) is 10.1 Å². The van der Waals surface area contributed by atoms with Crippen LogP contribution >= 0.6 is 11.3 Å². The lowest BCUT2D eigenvalue weighted by molar-refractivity contribution is 0.388. The zero-order valence-corrected chi connectivity index (χ0v) is 12.5. The Balaban J connectivity index is 1.76. The molecule has 1 N–H and O–H groups in total. The molecule has 0 amide bonds. The molecule has 0 bridgehead atoms. The Morgan fingerprint density at radius 1 is 1.37 bits per heavy atom. The molecule has 1 aromatic carbocycles. The summed E-state index contributed by atoms with van der Waals surface area (Å²) >= 11 is 1.82. The quantitative estimate of drug-likeness (QED) is 0.917. The predicted molar refractivity (Wildman–Crippen MR) is 85.3 cm³/mol. The van der Waals surface area contributed by atoms with E-state index in [0.717, 1.165) is 25.6 Å². The van der Waals surface area contributed by atoms with Crippen molar-refractivity contribution in [3.8, 4) is 0 Å². The van der Waals surface area contributed by atoms with Gasteiger partial charge in [-0.3, -0.25) is 0 Å². The van der Waals surface area contributed by atoms with Gasteiger partial charge in [0.05, 0.1) is 0 Å². The number of fused-ring (bicyclic) bond motifs is 1. The fourth-order valence-electron chi connectivity index (χ4n) is 2.94. The lowest BCUT2D eigenvalue weighted by atomic mass is 10.0. The molecule has 19 heavy (non-hydrogen) atoms. The molecule has 3 heteroatoms. The van der Waals surface area contributed by atoms with Crippen LogP contribution in [0, 0.1) is 5.92 Å². The van der Waals surface area contributed by atoms with Gasteiger partial charge in [-0.2, -0.15) is 0 Å². The van der Waals surface area contributed by atoms with E-state index in [1.165, 1.54) is 22.2 Å². The van der Waals surface area contributed by atoms with Gasteiger partial charge in [-0.05, 0) is 47.4 Å². The molecule has 1 atom stereocenters. The first-order valence-corrected chi connectivity index (χ1v) is 8.06. The maximum Gasteiger partial charge on any atom is 0.0374 e. The van der Waals surface area contributed by atoms with Gasteiger partial charge in [0, 0.05) is 36.1 Å². The summed E-state index contributed by atoms with van der Waals surface area (Å²) in [5.41, 5.74) is 1.38. The Kier molecular flexibility index (Phi) is 3.76. The second-order valence-electron chi connectivity index (χ2n) is 5.87. The predicted octanol–water partition coefficient (Wildman–Crippen LogP) is 3.73. The lowest BCUT2D eigenvalue weighted by Gasteiger charge is -2.36. The van der Waals surface area contributed by atoms with Gasteiger partial charge in [-0.1, -0.05) is 13.8 Å². The number of thiophene rings is 1. The number of hydrogen-bond donors (Lipinski definition) is 1. The standard InChI is InChI=1S/C16H22N2S/c1-12(2)9-14-11-18(7-6-17-14)15-3-4-16-13(10-15)5-8-19-16/h3-5,8,10,12,14,17H,6-7,9,11H2,1-2H3. The molecule has 2 heterocycles. The molecule has 0 spiro atoms. The second-order valence-corrected chi connectivity index (χ2v) is 6.82. The molecule has 2 aromatic rings. The minimum absolute atomic E-state index is 0.631. The van der Waals surface area contributed by atoms with E-state index in [-0.39, 0.29) is 0 Å². The fraction of sp³-hybridized carbons (Fsp3) is 0.500. The maximum atomic E-state index is 3.64. The van der Waals surface area contributed by atoms with Crippen molar-refractivity contribution in [3.63, 3.8) is 0 Å². The highest BCUT2D eigenvalue weighted by Crippen LogP contribution is 2.27. The van der Waals surface area contributed by atoms with E-state index >= 15 is 0 Å². The van der Waals surface area contributed by atoms with Crippen molar-refractivity contribution < 1.29 is 0 Å². The van der Waals surface area contributed by atoms with Gasteiger partial charge in [0.15, 0.2) is 0 Å². The van der Waals surface area contributed by atoms with Gasteiger partial charge in [-0.15, -0.1) is 11.3 Å². The summed E-state index contributed by atoms with van der Waals surface area (Å²) in [6.45, 7) is 7.95. The first kappa shape index (κ1) is 12.9. The lowest BCUT2D eigenvalue weighted by Crippen LogP contribution is -2.51. The van der Waals surface area contributed by atoms with Crippen LogP contribution in [-0.2, 0) is 0 Å². The first-order chi connectivity index (χ1) is 9.22. The van der Waals surface area contributed by atoms with Crippen molar-refractivity contribution >= 4 is 27.1 Å². The van der Waals surface area contributed by atoms with Crippen LogP contribution in [-0.4, -0.2) is 25.7 Å². The molecule has 1 aliphatic heterocycles. The Morgan fingerprint density at radius 2 is 2.26 bits per heavy atom. The number of nitrogens with one attached hydrogen (secondary N) is 1. The minimum atomic E-state index is 0.631. The molecule has 1 aliphatic rings. The monoisotopic (exact) mass is 274 g/mol. The molecule has 2 nitrogen and oxygen atoms in total. The molecular weight excluding hydrogens is 252 g/mol.